The zero-order valence-electron chi connectivity index (χ0n) is 18.6. The van der Waals surface area contributed by atoms with Crippen LogP contribution in [0.15, 0.2) is 18.2 Å². The highest BCUT2D eigenvalue weighted by atomic mass is 19.1. The molecule has 1 aliphatic heterocycles. The molecule has 1 aliphatic rings. The molecule has 0 aromatic heterocycles. The zero-order valence-corrected chi connectivity index (χ0v) is 18.6. The van der Waals surface area contributed by atoms with Crippen LogP contribution in [-0.4, -0.2) is 66.1 Å². The largest absolute Gasteiger partial charge is 0.463 e. The Morgan fingerprint density at radius 2 is 1.50 bits per heavy atom. The van der Waals surface area contributed by atoms with E-state index >= 15 is 0 Å². The molecule has 0 unspecified atom stereocenters. The van der Waals surface area contributed by atoms with Gasteiger partial charge in [-0.2, -0.15) is 0 Å². The number of benzene rings is 1. The Hall–Kier alpha value is -3.81. The number of nitrogens with zero attached hydrogens (tertiary/aromatic N) is 1. The van der Waals surface area contributed by atoms with Crippen molar-refractivity contribution in [1.29, 1.82) is 0 Å². The number of rotatable bonds is 8. The van der Waals surface area contributed by atoms with E-state index in [1.807, 2.05) is 0 Å². The summed E-state index contributed by atoms with van der Waals surface area (Å²) in [6.45, 7) is 3.66. The predicted octanol–water partition coefficient (Wildman–Crippen LogP) is 1.20. The zero-order chi connectivity index (χ0) is 25.6. The van der Waals surface area contributed by atoms with Gasteiger partial charge in [0.15, 0.2) is 12.2 Å². The quantitative estimate of drug-likeness (QED) is 0.223. The minimum Gasteiger partial charge on any atom is -0.463 e. The van der Waals surface area contributed by atoms with E-state index in [2.05, 4.69) is 0 Å². The van der Waals surface area contributed by atoms with Gasteiger partial charge in [-0.1, -0.05) is 0 Å². The molecule has 1 aromatic rings. The summed E-state index contributed by atoms with van der Waals surface area (Å²) in [4.78, 5) is 57.1. The molecule has 1 fully saturated rings. The predicted molar refractivity (Wildman–Crippen MR) is 106 cm³/mol. The minimum absolute atomic E-state index is 0.525. The summed E-state index contributed by atoms with van der Waals surface area (Å²) < 4.78 is 45.5. The molecule has 0 spiro atoms. The average molecular weight is 487 g/mol. The topological polar surface area (TPSA) is 167 Å². The van der Waals surface area contributed by atoms with Crippen LogP contribution in [0.3, 0.4) is 0 Å². The molecule has 34 heavy (non-hydrogen) atoms. The second-order valence-electron chi connectivity index (χ2n) is 7.05. The van der Waals surface area contributed by atoms with Crippen molar-refractivity contribution < 1.29 is 56.9 Å². The molecule has 0 radical (unpaired) electrons. The highest BCUT2D eigenvalue weighted by Gasteiger charge is 2.53. The minimum atomic E-state index is -1.74. The van der Waals surface area contributed by atoms with Crippen LogP contribution in [0.25, 0.3) is 0 Å². The average Bonchev–Trinajstić information content (AvgIpc) is 2.69. The number of nitro benzene ring substituents is 1. The fraction of sp³-hybridized carbons (Fsp3) is 0.500. The highest BCUT2D eigenvalue weighted by molar-refractivity contribution is 5.68. The Morgan fingerprint density at radius 1 is 0.941 bits per heavy atom. The first-order valence-electron chi connectivity index (χ1n) is 9.80. The van der Waals surface area contributed by atoms with Crippen molar-refractivity contribution in [1.82, 2.24) is 0 Å². The van der Waals surface area contributed by atoms with Crippen LogP contribution in [0.4, 0.5) is 10.1 Å². The number of ether oxygens (including phenoxy) is 6. The number of hydrogen-bond acceptors (Lipinski definition) is 12. The van der Waals surface area contributed by atoms with E-state index in [0.717, 1.165) is 39.8 Å². The van der Waals surface area contributed by atoms with Gasteiger partial charge in [-0.05, 0) is 6.07 Å². The molecule has 186 valence electrons. The molecule has 0 saturated carbocycles. The van der Waals surface area contributed by atoms with Crippen molar-refractivity contribution in [2.45, 2.75) is 58.4 Å². The lowest BCUT2D eigenvalue weighted by molar-refractivity contribution is -0.387. The first kappa shape index (κ1) is 26.4. The maximum absolute atomic E-state index is 13.8. The smallest absolute Gasteiger partial charge is 0.311 e. The standard InChI is InChI=1S/C20H22FNO12/c1-9(23)29-8-16-17(30-10(2)24)18(31-11(3)25)19(32-12(4)26)20(34-16)33-15-7-13(21)5-6-14(15)22(27)28/h5-7,16-20H,8H2,1-4H3/t16-,17+,18+,19-,20-/m1/s1. The monoisotopic (exact) mass is 487 g/mol. The van der Waals surface area contributed by atoms with E-state index in [9.17, 15) is 33.7 Å². The van der Waals surface area contributed by atoms with Gasteiger partial charge < -0.3 is 28.4 Å². The number of halogens is 1. The molecule has 0 aliphatic carbocycles. The SMILES string of the molecule is CC(=O)OC[C@H]1O[C@@H](Oc2cc(F)ccc2[N+](=O)[O-])[C@H](OC(C)=O)[C@@H](OC(C)=O)[C@H]1OC(C)=O. The Bertz CT molecular complexity index is 967. The molecule has 1 saturated heterocycles. The molecule has 1 aromatic carbocycles. The summed E-state index contributed by atoms with van der Waals surface area (Å²) in [5.41, 5.74) is -0.644. The Balaban J connectivity index is 2.55. The number of esters is 4. The van der Waals surface area contributed by atoms with Gasteiger partial charge in [0.05, 0.1) is 4.92 Å². The number of hydrogen-bond donors (Lipinski definition) is 0. The second-order valence-corrected chi connectivity index (χ2v) is 7.05. The molecule has 0 N–H and O–H groups in total. The lowest BCUT2D eigenvalue weighted by Crippen LogP contribution is -2.63. The van der Waals surface area contributed by atoms with Gasteiger partial charge in [-0.25, -0.2) is 4.39 Å². The van der Waals surface area contributed by atoms with Crippen LogP contribution in [0.5, 0.6) is 5.75 Å². The van der Waals surface area contributed by atoms with Gasteiger partial charge in [0.2, 0.25) is 18.1 Å². The van der Waals surface area contributed by atoms with Crippen LogP contribution in [0, 0.1) is 15.9 Å². The van der Waals surface area contributed by atoms with Crippen LogP contribution in [0.2, 0.25) is 0 Å². The number of carbonyl (C=O) groups excluding carboxylic acids is 4. The summed E-state index contributed by atoms with van der Waals surface area (Å²) in [5.74, 6) is -4.80. The first-order chi connectivity index (χ1) is 15.9. The first-order valence-corrected chi connectivity index (χ1v) is 9.80. The lowest BCUT2D eigenvalue weighted by atomic mass is 9.98. The summed E-state index contributed by atoms with van der Waals surface area (Å²) >= 11 is 0. The second kappa shape index (κ2) is 11.4. The third-order valence-corrected chi connectivity index (χ3v) is 4.31. The molecular formula is C20H22FNO12. The van der Waals surface area contributed by atoms with Crippen molar-refractivity contribution >= 4 is 29.6 Å². The number of carbonyl (C=O) groups is 4. The molecule has 0 bridgehead atoms. The fourth-order valence-electron chi connectivity index (χ4n) is 3.14. The van der Waals surface area contributed by atoms with Crippen LogP contribution < -0.4 is 4.74 Å². The third kappa shape index (κ3) is 7.10. The third-order valence-electron chi connectivity index (χ3n) is 4.31. The van der Waals surface area contributed by atoms with Crippen molar-refractivity contribution in [2.75, 3.05) is 6.61 Å². The Labute approximate surface area is 192 Å². The van der Waals surface area contributed by atoms with E-state index < -0.39 is 83.4 Å². The van der Waals surface area contributed by atoms with E-state index in [4.69, 9.17) is 28.4 Å². The summed E-state index contributed by atoms with van der Waals surface area (Å²) in [6.07, 6.45) is -7.67. The van der Waals surface area contributed by atoms with Gasteiger partial charge in [0, 0.05) is 39.8 Å². The molecule has 5 atom stereocenters. The number of nitro groups is 1. The normalized spacial score (nSPS) is 23.9. The Morgan fingerprint density at radius 3 is 2.03 bits per heavy atom. The molecule has 2 rings (SSSR count). The van der Waals surface area contributed by atoms with Crippen molar-refractivity contribution in [2.24, 2.45) is 0 Å². The molecule has 0 amide bonds. The van der Waals surface area contributed by atoms with Crippen molar-refractivity contribution in [3.05, 3.63) is 34.1 Å². The molecule has 13 nitrogen and oxygen atoms in total. The van der Waals surface area contributed by atoms with E-state index in [1.54, 1.807) is 0 Å². The van der Waals surface area contributed by atoms with Gasteiger partial charge >= 0.3 is 29.6 Å². The van der Waals surface area contributed by atoms with Gasteiger partial charge in [-0.3, -0.25) is 29.3 Å². The molecule has 14 heteroatoms. The van der Waals surface area contributed by atoms with E-state index in [0.29, 0.717) is 6.07 Å². The lowest BCUT2D eigenvalue weighted by Gasteiger charge is -2.43. The fourth-order valence-corrected chi connectivity index (χ4v) is 3.14. The summed E-state index contributed by atoms with van der Waals surface area (Å²) in [5, 5.41) is 11.4. The van der Waals surface area contributed by atoms with Crippen LogP contribution in [0.1, 0.15) is 27.7 Å². The van der Waals surface area contributed by atoms with Gasteiger partial charge in [0.25, 0.3) is 0 Å². The van der Waals surface area contributed by atoms with Gasteiger partial charge in [0.1, 0.15) is 18.5 Å². The summed E-state index contributed by atoms with van der Waals surface area (Å²) in [6, 6.07) is 2.38. The maximum atomic E-state index is 13.8. The van der Waals surface area contributed by atoms with E-state index in [-0.39, 0.29) is 0 Å². The Kier molecular flexibility index (Phi) is 8.83. The summed E-state index contributed by atoms with van der Waals surface area (Å²) in [7, 11) is 0. The molecule has 1 heterocycles. The van der Waals surface area contributed by atoms with Crippen LogP contribution >= 0.6 is 0 Å². The van der Waals surface area contributed by atoms with Gasteiger partial charge in [-0.15, -0.1) is 0 Å². The maximum Gasteiger partial charge on any atom is 0.311 e. The molecular weight excluding hydrogens is 465 g/mol. The van der Waals surface area contributed by atoms with E-state index in [1.165, 1.54) is 0 Å². The van der Waals surface area contributed by atoms with Crippen molar-refractivity contribution in [3.8, 4) is 5.75 Å². The van der Waals surface area contributed by atoms with Crippen LogP contribution in [-0.2, 0) is 42.9 Å². The highest BCUT2D eigenvalue weighted by Crippen LogP contribution is 2.34. The van der Waals surface area contributed by atoms with Crippen molar-refractivity contribution in [3.63, 3.8) is 0 Å².